The van der Waals surface area contributed by atoms with Gasteiger partial charge in [0.1, 0.15) is 15.4 Å². The van der Waals surface area contributed by atoms with E-state index < -0.39 is 18.8 Å². The van der Waals surface area contributed by atoms with Crippen LogP contribution in [0.4, 0.5) is 13.2 Å². The van der Waals surface area contributed by atoms with Crippen molar-refractivity contribution >= 4 is 22.9 Å². The lowest BCUT2D eigenvalue weighted by molar-refractivity contribution is -0.125. The number of rotatable bonds is 3. The first-order valence-corrected chi connectivity index (χ1v) is 4.93. The van der Waals surface area contributed by atoms with E-state index in [4.69, 9.17) is 16.9 Å². The summed E-state index contributed by atoms with van der Waals surface area (Å²) in [4.78, 5) is 3.72. The summed E-state index contributed by atoms with van der Waals surface area (Å²) in [5.41, 5.74) is 0. The number of alkyl halides is 3. The van der Waals surface area contributed by atoms with Crippen LogP contribution in [-0.2, 0) is 0 Å². The van der Waals surface area contributed by atoms with E-state index in [2.05, 4.69) is 4.98 Å². The molecule has 0 aliphatic carbocycles. The van der Waals surface area contributed by atoms with Crippen molar-refractivity contribution in [1.29, 1.82) is 5.26 Å². The zero-order valence-electron chi connectivity index (χ0n) is 7.18. The van der Waals surface area contributed by atoms with Crippen molar-refractivity contribution in [3.8, 4) is 6.07 Å². The molecule has 0 saturated carbocycles. The van der Waals surface area contributed by atoms with Crippen LogP contribution in [0.5, 0.6) is 0 Å². The van der Waals surface area contributed by atoms with Gasteiger partial charge in [-0.15, -0.1) is 11.3 Å². The van der Waals surface area contributed by atoms with Crippen molar-refractivity contribution in [3.63, 3.8) is 0 Å². The molecule has 0 spiro atoms. The Morgan fingerprint density at radius 3 is 2.73 bits per heavy atom. The molecule has 3 nitrogen and oxygen atoms in total. The number of hydrogen-bond acceptors (Lipinski definition) is 4. The lowest BCUT2D eigenvalue weighted by atomic mass is 10.3. The number of aromatic nitrogens is 1. The van der Waals surface area contributed by atoms with Crippen molar-refractivity contribution in [2.75, 3.05) is 6.54 Å². The van der Waals surface area contributed by atoms with Gasteiger partial charge in [0.05, 0.1) is 18.8 Å². The van der Waals surface area contributed by atoms with E-state index in [1.165, 1.54) is 6.20 Å². The molecule has 1 aromatic rings. The highest BCUT2D eigenvalue weighted by atomic mass is 35.5. The van der Waals surface area contributed by atoms with Crippen molar-refractivity contribution in [2.45, 2.75) is 12.2 Å². The van der Waals surface area contributed by atoms with E-state index in [-0.39, 0.29) is 5.01 Å². The summed E-state index contributed by atoms with van der Waals surface area (Å²) >= 11 is 6.52. The van der Waals surface area contributed by atoms with E-state index in [0.29, 0.717) is 4.34 Å². The lowest BCUT2D eigenvalue weighted by Crippen LogP contribution is -2.31. The normalized spacial score (nSPS) is 13.5. The average molecular weight is 256 g/mol. The fraction of sp³-hybridized carbons (Fsp3) is 0.429. The van der Waals surface area contributed by atoms with E-state index >= 15 is 0 Å². The van der Waals surface area contributed by atoms with E-state index in [1.807, 2.05) is 5.32 Å². The van der Waals surface area contributed by atoms with Crippen LogP contribution in [0.1, 0.15) is 11.0 Å². The first kappa shape index (κ1) is 12.2. The zero-order chi connectivity index (χ0) is 11.5. The van der Waals surface area contributed by atoms with E-state index in [9.17, 15) is 13.2 Å². The fourth-order valence-corrected chi connectivity index (χ4v) is 1.76. The number of nitrogens with zero attached hydrogens (tertiary/aromatic N) is 2. The summed E-state index contributed by atoms with van der Waals surface area (Å²) in [6.07, 6.45) is -3.06. The van der Waals surface area contributed by atoms with Crippen LogP contribution in [0.15, 0.2) is 6.20 Å². The van der Waals surface area contributed by atoms with Gasteiger partial charge in [-0.3, -0.25) is 5.32 Å². The largest absolute Gasteiger partial charge is 0.401 e. The number of nitriles is 1. The third kappa shape index (κ3) is 4.03. The van der Waals surface area contributed by atoms with Crippen LogP contribution < -0.4 is 5.32 Å². The quantitative estimate of drug-likeness (QED) is 0.903. The van der Waals surface area contributed by atoms with Gasteiger partial charge in [0.2, 0.25) is 0 Å². The van der Waals surface area contributed by atoms with Gasteiger partial charge < -0.3 is 0 Å². The summed E-state index contributed by atoms with van der Waals surface area (Å²) in [5.74, 6) is 0. The minimum Gasteiger partial charge on any atom is -0.288 e. The molecular formula is C7H5ClF3N3S. The molecule has 15 heavy (non-hydrogen) atoms. The average Bonchev–Trinajstić information content (AvgIpc) is 2.51. The maximum absolute atomic E-state index is 11.9. The summed E-state index contributed by atoms with van der Waals surface area (Å²) < 4.78 is 35.9. The molecule has 1 unspecified atom stereocenters. The molecule has 1 aromatic heterocycles. The second-order valence-corrected chi connectivity index (χ2v) is 4.25. The topological polar surface area (TPSA) is 48.7 Å². The minimum absolute atomic E-state index is 0.228. The fourth-order valence-electron chi connectivity index (χ4n) is 0.806. The molecule has 0 fully saturated rings. The molecule has 82 valence electrons. The molecular weight excluding hydrogens is 251 g/mol. The van der Waals surface area contributed by atoms with Crippen LogP contribution in [-0.4, -0.2) is 17.7 Å². The van der Waals surface area contributed by atoms with Crippen molar-refractivity contribution in [1.82, 2.24) is 10.3 Å². The van der Waals surface area contributed by atoms with Gasteiger partial charge >= 0.3 is 6.18 Å². The monoisotopic (exact) mass is 255 g/mol. The molecule has 1 N–H and O–H groups in total. The molecule has 0 saturated heterocycles. The highest BCUT2D eigenvalue weighted by Gasteiger charge is 2.29. The lowest BCUT2D eigenvalue weighted by Gasteiger charge is -2.10. The summed E-state index contributed by atoms with van der Waals surface area (Å²) in [7, 11) is 0. The molecule has 1 rings (SSSR count). The van der Waals surface area contributed by atoms with Crippen LogP contribution in [0, 0.1) is 11.3 Å². The first-order valence-electron chi connectivity index (χ1n) is 3.73. The molecule has 8 heteroatoms. The third-order valence-electron chi connectivity index (χ3n) is 1.38. The molecule has 0 bridgehead atoms. The second kappa shape index (κ2) is 4.79. The number of hydrogen-bond donors (Lipinski definition) is 1. The zero-order valence-corrected chi connectivity index (χ0v) is 8.75. The van der Waals surface area contributed by atoms with Crippen LogP contribution >= 0.6 is 22.9 Å². The second-order valence-electron chi connectivity index (χ2n) is 2.56. The van der Waals surface area contributed by atoms with E-state index in [0.717, 1.165) is 11.3 Å². The standard InChI is InChI=1S/C7H5ClF3N3S/c8-5-2-13-6(15-5)4(1-12)14-3-7(9,10)11/h2,4,14H,3H2. The summed E-state index contributed by atoms with van der Waals surface area (Å²) in [5, 5.41) is 10.9. The molecule has 0 aromatic carbocycles. The van der Waals surface area contributed by atoms with Gasteiger partial charge in [0.25, 0.3) is 0 Å². The maximum Gasteiger partial charge on any atom is 0.401 e. The van der Waals surface area contributed by atoms with Gasteiger partial charge in [0, 0.05) is 0 Å². The number of thiazole rings is 1. The molecule has 0 radical (unpaired) electrons. The van der Waals surface area contributed by atoms with Crippen LogP contribution in [0.3, 0.4) is 0 Å². The van der Waals surface area contributed by atoms with Crippen molar-refractivity contribution in [3.05, 3.63) is 15.5 Å². The Kier molecular flexibility index (Phi) is 3.90. The Morgan fingerprint density at radius 1 is 1.67 bits per heavy atom. The smallest absolute Gasteiger partial charge is 0.288 e. The highest BCUT2D eigenvalue weighted by molar-refractivity contribution is 7.15. The molecule has 0 aliphatic rings. The number of halogens is 4. The maximum atomic E-state index is 11.9. The van der Waals surface area contributed by atoms with Gasteiger partial charge in [-0.25, -0.2) is 4.98 Å². The predicted octanol–water partition coefficient (Wildman–Crippen LogP) is 2.51. The van der Waals surface area contributed by atoms with Crippen LogP contribution in [0.25, 0.3) is 0 Å². The first-order chi connectivity index (χ1) is 6.92. The predicted molar refractivity (Wildman–Crippen MR) is 49.5 cm³/mol. The van der Waals surface area contributed by atoms with Gasteiger partial charge in [-0.1, -0.05) is 11.6 Å². The number of nitrogens with one attached hydrogen (secondary N) is 1. The molecule has 1 atom stereocenters. The molecule has 0 aliphatic heterocycles. The summed E-state index contributed by atoms with van der Waals surface area (Å²) in [6, 6.07) is 0.603. The Hall–Kier alpha value is -0.840. The van der Waals surface area contributed by atoms with Crippen molar-refractivity contribution in [2.24, 2.45) is 0 Å². The Balaban J connectivity index is 2.62. The van der Waals surface area contributed by atoms with Crippen molar-refractivity contribution < 1.29 is 13.2 Å². The molecule has 1 heterocycles. The summed E-state index contributed by atoms with van der Waals surface area (Å²) in [6.45, 7) is -1.23. The SMILES string of the molecule is N#CC(NCC(F)(F)F)c1ncc(Cl)s1. The molecule has 0 amide bonds. The third-order valence-corrected chi connectivity index (χ3v) is 2.56. The Bertz CT molecular complexity index is 370. The van der Waals surface area contributed by atoms with Crippen LogP contribution in [0.2, 0.25) is 4.34 Å². The van der Waals surface area contributed by atoms with Gasteiger partial charge in [-0.05, 0) is 0 Å². The van der Waals surface area contributed by atoms with Gasteiger partial charge in [-0.2, -0.15) is 18.4 Å². The Morgan fingerprint density at radius 2 is 2.33 bits per heavy atom. The van der Waals surface area contributed by atoms with E-state index in [1.54, 1.807) is 6.07 Å². The van der Waals surface area contributed by atoms with Gasteiger partial charge in [0.15, 0.2) is 0 Å². The highest BCUT2D eigenvalue weighted by Crippen LogP contribution is 2.24. The Labute approximate surface area is 92.5 Å². The minimum atomic E-state index is -4.35.